The number of esters is 2. The van der Waals surface area contributed by atoms with Gasteiger partial charge in [-0.2, -0.15) is 0 Å². The zero-order chi connectivity index (χ0) is 23.1. The SMILES string of the molecule is COC(=O)C1=C(C)NC(N)=C(C(=O)OCCCO[N+](=O)[O-])C1c1cccc([N+](=O)[O-])c1. The van der Waals surface area contributed by atoms with Crippen LogP contribution in [0.25, 0.3) is 0 Å². The van der Waals surface area contributed by atoms with Gasteiger partial charge in [0.1, 0.15) is 5.82 Å². The summed E-state index contributed by atoms with van der Waals surface area (Å²) in [4.78, 5) is 50.2. The third-order valence-electron chi connectivity index (χ3n) is 4.35. The maximum Gasteiger partial charge on any atom is 0.338 e. The van der Waals surface area contributed by atoms with Crippen molar-refractivity contribution in [1.82, 2.24) is 5.32 Å². The van der Waals surface area contributed by atoms with Gasteiger partial charge in [-0.15, -0.1) is 10.1 Å². The molecule has 1 atom stereocenters. The zero-order valence-electron chi connectivity index (χ0n) is 16.7. The smallest absolute Gasteiger partial charge is 0.338 e. The number of nitrogens with two attached hydrogens (primary N) is 1. The monoisotopic (exact) mass is 436 g/mol. The topological polar surface area (TPSA) is 186 Å². The molecule has 31 heavy (non-hydrogen) atoms. The lowest BCUT2D eigenvalue weighted by molar-refractivity contribution is -0.757. The van der Waals surface area contributed by atoms with Crippen molar-refractivity contribution in [3.63, 3.8) is 0 Å². The molecule has 0 radical (unpaired) electrons. The van der Waals surface area contributed by atoms with Crippen LogP contribution in [0.4, 0.5) is 5.69 Å². The molecular weight excluding hydrogens is 416 g/mol. The molecule has 1 heterocycles. The number of carbonyl (C=O) groups is 2. The predicted octanol–water partition coefficient (Wildman–Crippen LogP) is 1.04. The highest BCUT2D eigenvalue weighted by molar-refractivity contribution is 5.99. The second-order valence-electron chi connectivity index (χ2n) is 6.31. The van der Waals surface area contributed by atoms with Crippen LogP contribution in [-0.4, -0.2) is 42.3 Å². The van der Waals surface area contributed by atoms with Gasteiger partial charge in [0.2, 0.25) is 0 Å². The first-order valence-corrected chi connectivity index (χ1v) is 8.91. The van der Waals surface area contributed by atoms with Crippen molar-refractivity contribution in [3.8, 4) is 0 Å². The molecule has 0 aromatic heterocycles. The van der Waals surface area contributed by atoms with Crippen LogP contribution in [0.5, 0.6) is 0 Å². The third-order valence-corrected chi connectivity index (χ3v) is 4.35. The summed E-state index contributed by atoms with van der Waals surface area (Å²) in [6.07, 6.45) is 0.0353. The van der Waals surface area contributed by atoms with E-state index in [9.17, 15) is 29.8 Å². The number of rotatable bonds is 9. The fourth-order valence-corrected chi connectivity index (χ4v) is 3.05. The van der Waals surface area contributed by atoms with Crippen LogP contribution in [0.15, 0.2) is 46.9 Å². The van der Waals surface area contributed by atoms with Crippen LogP contribution in [0.1, 0.15) is 24.8 Å². The first-order valence-electron chi connectivity index (χ1n) is 8.91. The van der Waals surface area contributed by atoms with Crippen molar-refractivity contribution >= 4 is 17.6 Å². The van der Waals surface area contributed by atoms with Gasteiger partial charge in [0.15, 0.2) is 0 Å². The predicted molar refractivity (Wildman–Crippen MR) is 103 cm³/mol. The molecule has 13 nitrogen and oxygen atoms in total. The maximum atomic E-state index is 12.8. The van der Waals surface area contributed by atoms with Crippen LogP contribution < -0.4 is 11.1 Å². The van der Waals surface area contributed by atoms with E-state index in [1.165, 1.54) is 24.3 Å². The average Bonchev–Trinajstić information content (AvgIpc) is 2.72. The number of nitro benzene ring substituents is 1. The highest BCUT2D eigenvalue weighted by Crippen LogP contribution is 2.39. The first-order chi connectivity index (χ1) is 14.7. The molecule has 13 heteroatoms. The highest BCUT2D eigenvalue weighted by atomic mass is 16.9. The molecule has 2 rings (SSSR count). The lowest BCUT2D eigenvalue weighted by Gasteiger charge is -2.29. The Kier molecular flexibility index (Phi) is 7.49. The summed E-state index contributed by atoms with van der Waals surface area (Å²) in [6.45, 7) is 1.04. The summed E-state index contributed by atoms with van der Waals surface area (Å²) < 4.78 is 9.95. The van der Waals surface area contributed by atoms with Gasteiger partial charge in [-0.05, 0) is 12.5 Å². The molecule has 3 N–H and O–H groups in total. The molecule has 1 aliphatic heterocycles. The van der Waals surface area contributed by atoms with Crippen molar-refractivity contribution in [1.29, 1.82) is 0 Å². The van der Waals surface area contributed by atoms with Gasteiger partial charge in [0, 0.05) is 24.3 Å². The Morgan fingerprint density at radius 2 is 1.87 bits per heavy atom. The van der Waals surface area contributed by atoms with Crippen LogP contribution >= 0.6 is 0 Å². The Bertz CT molecular complexity index is 971. The highest BCUT2D eigenvalue weighted by Gasteiger charge is 2.38. The van der Waals surface area contributed by atoms with E-state index in [-0.39, 0.29) is 47.9 Å². The second-order valence-corrected chi connectivity index (χ2v) is 6.31. The van der Waals surface area contributed by atoms with Gasteiger partial charge < -0.3 is 25.4 Å². The number of allylic oxidation sites excluding steroid dienone is 1. The van der Waals surface area contributed by atoms with E-state index < -0.39 is 27.9 Å². The van der Waals surface area contributed by atoms with Gasteiger partial charge in [0.25, 0.3) is 10.8 Å². The molecule has 0 aliphatic carbocycles. The summed E-state index contributed by atoms with van der Waals surface area (Å²) in [5.41, 5.74) is 6.19. The minimum Gasteiger partial charge on any atom is -0.466 e. The van der Waals surface area contributed by atoms with Gasteiger partial charge in [-0.1, -0.05) is 12.1 Å². The van der Waals surface area contributed by atoms with Gasteiger partial charge >= 0.3 is 11.9 Å². The molecule has 1 unspecified atom stereocenters. The van der Waals surface area contributed by atoms with E-state index >= 15 is 0 Å². The number of non-ortho nitro benzene ring substituents is 1. The summed E-state index contributed by atoms with van der Waals surface area (Å²) in [5, 5.41) is 23.1. The zero-order valence-corrected chi connectivity index (χ0v) is 16.7. The van der Waals surface area contributed by atoms with Gasteiger partial charge in [-0.3, -0.25) is 10.1 Å². The number of dihydropyridines is 1. The number of nitrogens with zero attached hydrogens (tertiary/aromatic N) is 2. The average molecular weight is 436 g/mol. The number of ether oxygens (including phenoxy) is 2. The van der Waals surface area contributed by atoms with Crippen molar-refractivity contribution < 1.29 is 33.9 Å². The van der Waals surface area contributed by atoms with Crippen LogP contribution in [0.3, 0.4) is 0 Å². The number of nitro groups is 1. The Labute approximate surface area is 175 Å². The Morgan fingerprint density at radius 3 is 2.48 bits per heavy atom. The molecule has 0 bridgehead atoms. The fraction of sp³-hybridized carbons (Fsp3) is 0.333. The van der Waals surface area contributed by atoms with Crippen molar-refractivity contribution in [3.05, 3.63) is 72.7 Å². The number of nitrogens with one attached hydrogen (secondary N) is 1. The summed E-state index contributed by atoms with van der Waals surface area (Å²) in [7, 11) is 1.15. The summed E-state index contributed by atoms with van der Waals surface area (Å²) in [5.74, 6) is -2.88. The van der Waals surface area contributed by atoms with E-state index in [1.807, 2.05) is 0 Å². The van der Waals surface area contributed by atoms with Crippen LogP contribution in [-0.2, 0) is 23.9 Å². The Balaban J connectivity index is 2.41. The largest absolute Gasteiger partial charge is 0.466 e. The minimum atomic E-state index is -1.10. The Hall–Kier alpha value is -4.16. The van der Waals surface area contributed by atoms with E-state index in [0.29, 0.717) is 5.70 Å². The van der Waals surface area contributed by atoms with Crippen LogP contribution in [0, 0.1) is 20.2 Å². The standard InChI is InChI=1S/C18H20N4O9/c1-10-13(17(23)29-2)14(11-5-3-6-12(9-11)21(25)26)15(16(19)20-10)18(24)30-7-4-8-31-22(27)28/h3,5-6,9,14,20H,4,7-8,19H2,1-2H3. The molecule has 1 aromatic rings. The lowest BCUT2D eigenvalue weighted by Crippen LogP contribution is -2.36. The minimum absolute atomic E-state index is 0.0285. The molecule has 1 aliphatic rings. The molecule has 166 valence electrons. The number of hydrogen-bond acceptors (Lipinski definition) is 11. The van der Waals surface area contributed by atoms with E-state index in [0.717, 1.165) is 7.11 Å². The number of methoxy groups -OCH3 is 1. The molecule has 0 amide bonds. The Morgan fingerprint density at radius 1 is 1.16 bits per heavy atom. The fourth-order valence-electron chi connectivity index (χ4n) is 3.05. The molecular formula is C18H20N4O9. The van der Waals surface area contributed by atoms with E-state index in [4.69, 9.17) is 15.2 Å². The quantitative estimate of drug-likeness (QED) is 0.244. The number of carbonyl (C=O) groups excluding carboxylic acids is 2. The molecule has 0 spiro atoms. The lowest BCUT2D eigenvalue weighted by atomic mass is 9.81. The van der Waals surface area contributed by atoms with E-state index in [1.54, 1.807) is 6.92 Å². The maximum absolute atomic E-state index is 12.8. The van der Waals surface area contributed by atoms with Crippen molar-refractivity contribution in [2.75, 3.05) is 20.3 Å². The molecule has 0 saturated heterocycles. The van der Waals surface area contributed by atoms with Crippen LogP contribution in [0.2, 0.25) is 0 Å². The second kappa shape index (κ2) is 10.0. The molecule has 0 saturated carbocycles. The summed E-state index contributed by atoms with van der Waals surface area (Å²) >= 11 is 0. The number of benzene rings is 1. The van der Waals surface area contributed by atoms with Gasteiger partial charge in [0.05, 0.1) is 42.3 Å². The molecule has 0 fully saturated rings. The third kappa shape index (κ3) is 5.46. The summed E-state index contributed by atoms with van der Waals surface area (Å²) in [6, 6.07) is 5.40. The normalized spacial score (nSPS) is 15.7. The first kappa shape index (κ1) is 23.1. The van der Waals surface area contributed by atoms with Crippen molar-refractivity contribution in [2.24, 2.45) is 5.73 Å². The molecule has 1 aromatic carbocycles. The van der Waals surface area contributed by atoms with Gasteiger partial charge in [-0.25, -0.2) is 9.59 Å². The van der Waals surface area contributed by atoms with E-state index in [2.05, 4.69) is 10.2 Å². The van der Waals surface area contributed by atoms with Crippen molar-refractivity contribution in [2.45, 2.75) is 19.3 Å². The number of hydrogen-bond donors (Lipinski definition) is 2.